The van der Waals surface area contributed by atoms with Crippen LogP contribution in [0.3, 0.4) is 0 Å². The fourth-order valence-electron chi connectivity index (χ4n) is 2.10. The van der Waals surface area contributed by atoms with E-state index >= 15 is 0 Å². The van der Waals surface area contributed by atoms with Gasteiger partial charge in [0.2, 0.25) is 0 Å². The van der Waals surface area contributed by atoms with Gasteiger partial charge in [0.05, 0.1) is 18.9 Å². The summed E-state index contributed by atoms with van der Waals surface area (Å²) in [5, 5.41) is 21.5. The molecule has 2 heterocycles. The van der Waals surface area contributed by atoms with Crippen molar-refractivity contribution >= 4 is 11.9 Å². The molecule has 10 heteroatoms. The number of aliphatic hydroxyl groups excluding tert-OH is 2. The number of nitrogens with one attached hydrogen (secondary N) is 1. The van der Waals surface area contributed by atoms with Gasteiger partial charge in [0.25, 0.3) is 0 Å². The smallest absolute Gasteiger partial charge is 0.412 e. The summed E-state index contributed by atoms with van der Waals surface area (Å²) in [6.07, 6.45) is -4.22. The van der Waals surface area contributed by atoms with Gasteiger partial charge in [-0.25, -0.2) is 14.0 Å². The lowest BCUT2D eigenvalue weighted by Crippen LogP contribution is -2.36. The summed E-state index contributed by atoms with van der Waals surface area (Å²) in [7, 11) is 0. The number of halogens is 1. The molecule has 23 heavy (non-hydrogen) atoms. The van der Waals surface area contributed by atoms with Gasteiger partial charge in [-0.15, -0.1) is 0 Å². The van der Waals surface area contributed by atoms with Crippen LogP contribution in [0.25, 0.3) is 0 Å². The fourth-order valence-corrected chi connectivity index (χ4v) is 2.10. The third-order valence-electron chi connectivity index (χ3n) is 3.32. The Kier molecular flexibility index (Phi) is 5.29. The predicted molar refractivity (Wildman–Crippen MR) is 75.3 cm³/mol. The Hall–Kier alpha value is -2.04. The summed E-state index contributed by atoms with van der Waals surface area (Å²) in [5.41, 5.74) is -0.956. The average Bonchev–Trinajstić information content (AvgIpc) is 2.76. The zero-order chi connectivity index (χ0) is 17.1. The van der Waals surface area contributed by atoms with Crippen LogP contribution in [0.15, 0.2) is 11.0 Å². The minimum absolute atomic E-state index is 0.141. The van der Waals surface area contributed by atoms with Gasteiger partial charge < -0.3 is 19.7 Å². The van der Waals surface area contributed by atoms with Crippen molar-refractivity contribution in [2.75, 3.05) is 11.9 Å². The van der Waals surface area contributed by atoms with Crippen molar-refractivity contribution in [1.82, 2.24) is 9.55 Å². The second kappa shape index (κ2) is 7.02. The SMILES string of the molecule is CCCOC(=O)Nc1nc(=O)n([C@H]2O[C@@H](C)[C@H](O)[C@@H]2O)cc1F. The van der Waals surface area contributed by atoms with Crippen LogP contribution in [0.4, 0.5) is 15.0 Å². The summed E-state index contributed by atoms with van der Waals surface area (Å²) in [6.45, 7) is 3.43. The van der Waals surface area contributed by atoms with Crippen molar-refractivity contribution < 1.29 is 28.9 Å². The van der Waals surface area contributed by atoms with Crippen molar-refractivity contribution in [2.45, 2.75) is 44.8 Å². The van der Waals surface area contributed by atoms with Gasteiger partial charge in [-0.1, -0.05) is 6.92 Å². The van der Waals surface area contributed by atoms with Gasteiger partial charge in [0.1, 0.15) is 12.2 Å². The number of carbonyl (C=O) groups excluding carboxylic acids is 1. The van der Waals surface area contributed by atoms with E-state index in [0.717, 1.165) is 10.8 Å². The molecule has 1 aliphatic heterocycles. The molecule has 0 saturated carbocycles. The summed E-state index contributed by atoms with van der Waals surface area (Å²) < 4.78 is 24.6. The Balaban J connectivity index is 2.21. The number of hydrogen-bond donors (Lipinski definition) is 3. The quantitative estimate of drug-likeness (QED) is 0.708. The molecule has 1 saturated heterocycles. The zero-order valence-corrected chi connectivity index (χ0v) is 12.6. The number of rotatable bonds is 4. The van der Waals surface area contributed by atoms with Gasteiger partial charge in [0.15, 0.2) is 17.9 Å². The molecule has 3 N–H and O–H groups in total. The zero-order valence-electron chi connectivity index (χ0n) is 12.6. The molecular formula is C13H18FN3O6. The maximum Gasteiger partial charge on any atom is 0.412 e. The first-order valence-corrected chi connectivity index (χ1v) is 7.09. The molecule has 0 bridgehead atoms. The highest BCUT2D eigenvalue weighted by atomic mass is 19.1. The van der Waals surface area contributed by atoms with Crippen molar-refractivity contribution in [3.8, 4) is 0 Å². The third kappa shape index (κ3) is 3.66. The minimum Gasteiger partial charge on any atom is -0.449 e. The molecule has 0 spiro atoms. The highest BCUT2D eigenvalue weighted by molar-refractivity contribution is 5.83. The molecule has 1 aromatic heterocycles. The summed E-state index contributed by atoms with van der Waals surface area (Å²) in [4.78, 5) is 26.7. The molecule has 2 rings (SSSR count). The molecule has 0 unspecified atom stereocenters. The number of anilines is 1. The third-order valence-corrected chi connectivity index (χ3v) is 3.32. The standard InChI is InChI=1S/C13H18FN3O6/c1-3-4-22-13(21)16-10-7(14)5-17(12(20)15-10)11-9(19)8(18)6(2)23-11/h5-6,8-9,11,18-19H,3-4H2,1-2H3,(H,15,16,20,21)/t6-,8-,9-,11-/m0/s1. The van der Waals surface area contributed by atoms with Gasteiger partial charge in [-0.05, 0) is 13.3 Å². The number of carbonyl (C=O) groups is 1. The van der Waals surface area contributed by atoms with Crippen LogP contribution in [-0.4, -0.2) is 50.8 Å². The molecule has 1 aromatic rings. The van der Waals surface area contributed by atoms with E-state index in [-0.39, 0.29) is 6.61 Å². The molecule has 0 aliphatic carbocycles. The van der Waals surface area contributed by atoms with E-state index in [0.29, 0.717) is 6.42 Å². The van der Waals surface area contributed by atoms with E-state index in [9.17, 15) is 24.2 Å². The van der Waals surface area contributed by atoms with Crippen molar-refractivity contribution in [3.63, 3.8) is 0 Å². The molecule has 1 aliphatic rings. The first kappa shape index (κ1) is 17.3. The van der Waals surface area contributed by atoms with Crippen molar-refractivity contribution in [1.29, 1.82) is 0 Å². The maximum atomic E-state index is 14.0. The summed E-state index contributed by atoms with van der Waals surface area (Å²) in [5.74, 6) is -1.60. The van der Waals surface area contributed by atoms with Crippen LogP contribution in [0, 0.1) is 5.82 Å². The summed E-state index contributed by atoms with van der Waals surface area (Å²) in [6, 6.07) is 0. The van der Waals surface area contributed by atoms with Gasteiger partial charge in [-0.3, -0.25) is 9.88 Å². The topological polar surface area (TPSA) is 123 Å². The molecule has 0 radical (unpaired) electrons. The van der Waals surface area contributed by atoms with Crippen LogP contribution in [0.1, 0.15) is 26.5 Å². The number of aliphatic hydroxyl groups is 2. The van der Waals surface area contributed by atoms with E-state index in [1.165, 1.54) is 6.92 Å². The Bertz CT molecular complexity index is 637. The Morgan fingerprint density at radius 3 is 2.78 bits per heavy atom. The lowest BCUT2D eigenvalue weighted by atomic mass is 10.1. The molecule has 128 valence electrons. The molecule has 1 amide bonds. The van der Waals surface area contributed by atoms with Crippen molar-refractivity contribution in [2.24, 2.45) is 0 Å². The number of aromatic nitrogens is 2. The van der Waals surface area contributed by atoms with Crippen molar-refractivity contribution in [3.05, 3.63) is 22.5 Å². The van der Waals surface area contributed by atoms with Crippen LogP contribution >= 0.6 is 0 Å². The van der Waals surface area contributed by atoms with Crippen LogP contribution in [-0.2, 0) is 9.47 Å². The number of nitrogens with zero attached hydrogens (tertiary/aromatic N) is 2. The molecule has 9 nitrogen and oxygen atoms in total. The molecular weight excluding hydrogens is 313 g/mol. The van der Waals surface area contributed by atoms with Crippen LogP contribution in [0.5, 0.6) is 0 Å². The Morgan fingerprint density at radius 2 is 2.22 bits per heavy atom. The summed E-state index contributed by atoms with van der Waals surface area (Å²) >= 11 is 0. The fraction of sp³-hybridized carbons (Fsp3) is 0.615. The van der Waals surface area contributed by atoms with E-state index in [2.05, 4.69) is 4.98 Å². The lowest BCUT2D eigenvalue weighted by molar-refractivity contribution is -0.0355. The number of ether oxygens (including phenoxy) is 2. The second-order valence-electron chi connectivity index (χ2n) is 5.10. The van der Waals surface area contributed by atoms with E-state index in [4.69, 9.17) is 9.47 Å². The highest BCUT2D eigenvalue weighted by Crippen LogP contribution is 2.28. The first-order valence-electron chi connectivity index (χ1n) is 7.09. The molecule has 0 aromatic carbocycles. The van der Waals surface area contributed by atoms with E-state index in [1.54, 1.807) is 6.92 Å². The van der Waals surface area contributed by atoms with Crippen LogP contribution < -0.4 is 11.0 Å². The van der Waals surface area contributed by atoms with Gasteiger partial charge >= 0.3 is 11.8 Å². The lowest BCUT2D eigenvalue weighted by Gasteiger charge is -2.17. The Morgan fingerprint density at radius 1 is 1.52 bits per heavy atom. The highest BCUT2D eigenvalue weighted by Gasteiger charge is 2.42. The van der Waals surface area contributed by atoms with Crippen LogP contribution in [0.2, 0.25) is 0 Å². The van der Waals surface area contributed by atoms with E-state index in [1.807, 2.05) is 5.32 Å². The average molecular weight is 331 g/mol. The monoisotopic (exact) mass is 331 g/mol. The number of amides is 1. The first-order chi connectivity index (χ1) is 10.8. The largest absolute Gasteiger partial charge is 0.449 e. The van der Waals surface area contributed by atoms with E-state index < -0.39 is 48.0 Å². The van der Waals surface area contributed by atoms with Gasteiger partial charge in [0, 0.05) is 0 Å². The van der Waals surface area contributed by atoms with Gasteiger partial charge in [-0.2, -0.15) is 4.98 Å². The predicted octanol–water partition coefficient (Wildman–Crippen LogP) is -0.0200. The maximum absolute atomic E-state index is 14.0. The molecule has 4 atom stereocenters. The molecule has 1 fully saturated rings. The Labute approximate surface area is 130 Å². The number of hydrogen-bond acceptors (Lipinski definition) is 7. The normalized spacial score (nSPS) is 27.0. The minimum atomic E-state index is -1.41. The second-order valence-corrected chi connectivity index (χ2v) is 5.10.